The lowest BCUT2D eigenvalue weighted by Crippen LogP contribution is -2.53. The molecular weight excluding hydrogens is 531 g/mol. The van der Waals surface area contributed by atoms with Crippen LogP contribution in [-0.4, -0.2) is 53.5 Å². The van der Waals surface area contributed by atoms with Gasteiger partial charge in [0.1, 0.15) is 17.3 Å². The highest BCUT2D eigenvalue weighted by Crippen LogP contribution is 2.47. The van der Waals surface area contributed by atoms with Crippen LogP contribution in [0.3, 0.4) is 0 Å². The van der Waals surface area contributed by atoms with Crippen molar-refractivity contribution in [2.24, 2.45) is 5.41 Å². The van der Waals surface area contributed by atoms with Gasteiger partial charge >= 0.3 is 0 Å². The number of aromatic nitrogens is 3. The number of benzene rings is 2. The SMILES string of the molecule is COc1ccc(S(=O)(=O)N2CCC3=Cc4c(cnn4-c4ccc(F)cc4)C[C@]3(C(=O)c3ccccn3)C2)cc1C. The summed E-state index contributed by atoms with van der Waals surface area (Å²) in [7, 11) is -2.37. The Bertz CT molecular complexity index is 1750. The molecule has 0 N–H and O–H groups in total. The average molecular weight is 559 g/mol. The van der Waals surface area contributed by atoms with Crippen molar-refractivity contribution >= 4 is 21.9 Å². The molecule has 2 aromatic heterocycles. The minimum atomic E-state index is -3.91. The molecule has 0 unspecified atom stereocenters. The van der Waals surface area contributed by atoms with Gasteiger partial charge in [-0.05, 0) is 91.6 Å². The van der Waals surface area contributed by atoms with Gasteiger partial charge in [0.15, 0.2) is 5.78 Å². The van der Waals surface area contributed by atoms with E-state index in [0.717, 1.165) is 16.8 Å². The van der Waals surface area contributed by atoms with Crippen molar-refractivity contribution in [3.05, 3.63) is 107 Å². The number of fused-ring (bicyclic) bond motifs is 2. The molecule has 0 radical (unpaired) electrons. The average Bonchev–Trinajstić information content (AvgIpc) is 3.38. The summed E-state index contributed by atoms with van der Waals surface area (Å²) in [6.45, 7) is 1.99. The Morgan fingerprint density at radius 2 is 1.90 bits per heavy atom. The lowest BCUT2D eigenvalue weighted by atomic mass is 9.65. The molecule has 0 amide bonds. The molecule has 1 fully saturated rings. The van der Waals surface area contributed by atoms with Gasteiger partial charge in [-0.2, -0.15) is 9.40 Å². The highest BCUT2D eigenvalue weighted by Gasteiger charge is 2.51. The zero-order valence-electron chi connectivity index (χ0n) is 22.0. The molecule has 6 rings (SSSR count). The first-order valence-corrected chi connectivity index (χ1v) is 14.3. The number of hydrogen-bond donors (Lipinski definition) is 0. The first-order chi connectivity index (χ1) is 19.2. The maximum atomic E-state index is 14.2. The molecule has 8 nitrogen and oxygen atoms in total. The Morgan fingerprint density at radius 1 is 1.10 bits per heavy atom. The number of carbonyl (C=O) groups is 1. The largest absolute Gasteiger partial charge is 0.496 e. The fourth-order valence-corrected chi connectivity index (χ4v) is 7.30. The predicted octanol–water partition coefficient (Wildman–Crippen LogP) is 4.63. The topological polar surface area (TPSA) is 94.4 Å². The molecule has 40 heavy (non-hydrogen) atoms. The lowest BCUT2D eigenvalue weighted by molar-refractivity contribution is 0.0770. The summed E-state index contributed by atoms with van der Waals surface area (Å²) in [5.41, 5.74) is 2.96. The Hall–Kier alpha value is -4.15. The van der Waals surface area contributed by atoms with Crippen molar-refractivity contribution in [3.63, 3.8) is 0 Å². The zero-order valence-corrected chi connectivity index (χ0v) is 22.9. The van der Waals surface area contributed by atoms with Crippen molar-refractivity contribution in [3.8, 4) is 11.4 Å². The number of pyridine rings is 1. The Kier molecular flexibility index (Phi) is 6.39. The van der Waals surface area contributed by atoms with Gasteiger partial charge in [0.05, 0.1) is 35.0 Å². The predicted molar refractivity (Wildman–Crippen MR) is 147 cm³/mol. The number of piperidine rings is 1. The Labute approximate surface area is 231 Å². The van der Waals surface area contributed by atoms with Crippen molar-refractivity contribution < 1.29 is 22.3 Å². The second-order valence-corrected chi connectivity index (χ2v) is 12.1. The fourth-order valence-electron chi connectivity index (χ4n) is 5.71. The van der Waals surface area contributed by atoms with Crippen LogP contribution in [0.5, 0.6) is 5.75 Å². The number of methoxy groups -OCH3 is 1. The minimum absolute atomic E-state index is 0.0250. The van der Waals surface area contributed by atoms with E-state index in [9.17, 15) is 17.6 Å². The summed E-state index contributed by atoms with van der Waals surface area (Å²) < 4.78 is 49.7. The summed E-state index contributed by atoms with van der Waals surface area (Å²) in [6.07, 6.45) is 5.82. The van der Waals surface area contributed by atoms with E-state index in [-0.39, 0.29) is 41.7 Å². The van der Waals surface area contributed by atoms with Gasteiger partial charge in [-0.1, -0.05) is 11.6 Å². The van der Waals surface area contributed by atoms with Crippen LogP contribution in [0.15, 0.2) is 83.5 Å². The van der Waals surface area contributed by atoms with Crippen LogP contribution in [0.25, 0.3) is 11.8 Å². The third kappa shape index (κ3) is 4.24. The summed E-state index contributed by atoms with van der Waals surface area (Å²) in [4.78, 5) is 18.7. The summed E-state index contributed by atoms with van der Waals surface area (Å²) >= 11 is 0. The van der Waals surface area contributed by atoms with Crippen molar-refractivity contribution in [2.45, 2.75) is 24.7 Å². The maximum Gasteiger partial charge on any atom is 0.243 e. The Balaban J connectivity index is 1.44. The lowest BCUT2D eigenvalue weighted by Gasteiger charge is -2.44. The summed E-state index contributed by atoms with van der Waals surface area (Å²) in [5.74, 6) is 0.0247. The van der Waals surface area contributed by atoms with Crippen LogP contribution in [-0.2, 0) is 16.4 Å². The van der Waals surface area contributed by atoms with Gasteiger partial charge in [-0.25, -0.2) is 17.5 Å². The number of nitrogens with zero attached hydrogens (tertiary/aromatic N) is 4. The van der Waals surface area contributed by atoms with Crippen LogP contribution in [0.1, 0.15) is 33.7 Å². The van der Waals surface area contributed by atoms with Crippen molar-refractivity contribution in [1.29, 1.82) is 0 Å². The highest BCUT2D eigenvalue weighted by atomic mass is 32.2. The van der Waals surface area contributed by atoms with Gasteiger partial charge in [0.2, 0.25) is 10.0 Å². The monoisotopic (exact) mass is 558 g/mol. The van der Waals surface area contributed by atoms with E-state index >= 15 is 0 Å². The van der Waals surface area contributed by atoms with E-state index in [4.69, 9.17) is 4.74 Å². The second kappa shape index (κ2) is 9.79. The molecule has 1 atom stereocenters. The normalized spacial score (nSPS) is 18.9. The molecule has 204 valence electrons. The molecule has 10 heteroatoms. The van der Waals surface area contributed by atoms with Crippen LogP contribution in [0, 0.1) is 18.2 Å². The first kappa shape index (κ1) is 26.1. The third-order valence-electron chi connectivity index (χ3n) is 7.79. The Morgan fingerprint density at radius 3 is 2.60 bits per heavy atom. The minimum Gasteiger partial charge on any atom is -0.496 e. The standard InChI is InChI=1S/C30H27FN4O4S/c1-20-15-25(10-11-28(20)39-2)40(37,38)34-14-12-22-16-27-21(18-33-35(27)24-8-6-23(31)7-9-24)17-30(22,19-34)29(36)26-5-3-4-13-32-26/h3-11,13,15-16,18H,12,14,17,19H2,1-2H3/t30-/m0/s1. The number of hydrogen-bond acceptors (Lipinski definition) is 6. The quantitative estimate of drug-likeness (QED) is 0.321. The van der Waals surface area contributed by atoms with E-state index in [1.807, 2.05) is 6.08 Å². The fraction of sp³-hybridized carbons (Fsp3) is 0.233. The smallest absolute Gasteiger partial charge is 0.243 e. The van der Waals surface area contributed by atoms with Gasteiger partial charge in [-0.3, -0.25) is 9.78 Å². The maximum absolute atomic E-state index is 14.2. The molecule has 1 saturated heterocycles. The molecule has 2 aliphatic rings. The number of rotatable bonds is 6. The highest BCUT2D eigenvalue weighted by molar-refractivity contribution is 7.89. The van der Waals surface area contributed by atoms with E-state index in [1.54, 1.807) is 66.5 Å². The molecule has 1 aliphatic carbocycles. The zero-order chi connectivity index (χ0) is 28.1. The molecule has 0 saturated carbocycles. The number of Topliss-reactive ketones (excluding diaryl/α,β-unsaturated/α-hetero) is 1. The summed E-state index contributed by atoms with van der Waals surface area (Å²) in [5, 5.41) is 4.54. The van der Waals surface area contributed by atoms with Gasteiger partial charge in [0, 0.05) is 19.3 Å². The second-order valence-electron chi connectivity index (χ2n) is 10.1. The summed E-state index contributed by atoms with van der Waals surface area (Å²) in [6, 6.07) is 16.0. The van der Waals surface area contributed by atoms with Crippen LogP contribution >= 0.6 is 0 Å². The van der Waals surface area contributed by atoms with E-state index < -0.39 is 15.4 Å². The van der Waals surface area contributed by atoms with Crippen molar-refractivity contribution in [2.75, 3.05) is 20.2 Å². The number of ether oxygens (including phenoxy) is 1. The molecule has 4 aromatic rings. The van der Waals surface area contributed by atoms with Crippen LogP contribution < -0.4 is 4.74 Å². The van der Waals surface area contributed by atoms with Crippen LogP contribution in [0.4, 0.5) is 4.39 Å². The van der Waals surface area contributed by atoms with Crippen molar-refractivity contribution in [1.82, 2.24) is 19.1 Å². The first-order valence-electron chi connectivity index (χ1n) is 12.9. The molecule has 0 spiro atoms. The van der Waals surface area contributed by atoms with E-state index in [0.29, 0.717) is 23.4 Å². The number of sulfonamides is 1. The van der Waals surface area contributed by atoms with Gasteiger partial charge < -0.3 is 4.74 Å². The molecule has 1 aliphatic heterocycles. The number of halogens is 1. The van der Waals surface area contributed by atoms with Crippen LogP contribution in [0.2, 0.25) is 0 Å². The van der Waals surface area contributed by atoms with E-state index in [1.165, 1.54) is 29.6 Å². The number of carbonyl (C=O) groups excluding carboxylic acids is 1. The third-order valence-corrected chi connectivity index (χ3v) is 9.63. The molecule has 2 aromatic carbocycles. The van der Waals surface area contributed by atoms with Gasteiger partial charge in [-0.15, -0.1) is 0 Å². The number of ketones is 1. The number of aryl methyl sites for hydroxylation is 1. The molecule has 0 bridgehead atoms. The molecular formula is C30H27FN4O4S. The van der Waals surface area contributed by atoms with E-state index in [2.05, 4.69) is 10.1 Å². The molecule has 3 heterocycles. The van der Waals surface area contributed by atoms with Gasteiger partial charge in [0.25, 0.3) is 0 Å².